The summed E-state index contributed by atoms with van der Waals surface area (Å²) in [6.07, 6.45) is 2.77. The Morgan fingerprint density at radius 3 is 3.17 bits per heavy atom. The third-order valence-corrected chi connectivity index (χ3v) is 5.50. The van der Waals surface area contributed by atoms with Crippen LogP contribution in [0.2, 0.25) is 0 Å². The molecule has 8 heteroatoms. The van der Waals surface area contributed by atoms with Gasteiger partial charge in [0.2, 0.25) is 0 Å². The molecule has 0 bridgehead atoms. The van der Waals surface area contributed by atoms with E-state index < -0.39 is 5.60 Å². The molecule has 0 aromatic carbocycles. The highest BCUT2D eigenvalue weighted by molar-refractivity contribution is 7.99. The maximum Gasteiger partial charge on any atom is 0.191 e. The van der Waals surface area contributed by atoms with Crippen molar-refractivity contribution >= 4 is 17.7 Å². The van der Waals surface area contributed by atoms with Crippen LogP contribution < -0.4 is 10.6 Å². The zero-order chi connectivity index (χ0) is 16.3. The molecule has 2 atom stereocenters. The lowest BCUT2D eigenvalue weighted by molar-refractivity contribution is 0.0778. The number of rotatable bonds is 4. The number of nitrogens with one attached hydrogen (secondary N) is 2. The van der Waals surface area contributed by atoms with Crippen LogP contribution in [0.3, 0.4) is 0 Å². The van der Waals surface area contributed by atoms with Crippen molar-refractivity contribution in [1.82, 2.24) is 25.4 Å². The molecule has 3 heterocycles. The summed E-state index contributed by atoms with van der Waals surface area (Å²) < 4.78 is 1.99. The average Bonchev–Trinajstić information content (AvgIpc) is 3.10. The Morgan fingerprint density at radius 2 is 2.43 bits per heavy atom. The number of fused-ring (bicyclic) bond motifs is 1. The van der Waals surface area contributed by atoms with E-state index >= 15 is 0 Å². The second kappa shape index (κ2) is 7.09. The summed E-state index contributed by atoms with van der Waals surface area (Å²) in [6, 6.07) is 0.286. The van der Waals surface area contributed by atoms with E-state index in [1.54, 1.807) is 11.8 Å². The van der Waals surface area contributed by atoms with E-state index in [0.29, 0.717) is 6.54 Å². The zero-order valence-corrected chi connectivity index (χ0v) is 14.7. The van der Waals surface area contributed by atoms with Gasteiger partial charge in [0.25, 0.3) is 0 Å². The largest absolute Gasteiger partial charge is 0.387 e. The Bertz CT molecular complexity index is 566. The number of thioether (sulfide) groups is 1. The smallest absolute Gasteiger partial charge is 0.191 e. The molecule has 3 N–H and O–H groups in total. The number of hydrogen-bond acceptors (Lipinski definition) is 5. The van der Waals surface area contributed by atoms with Crippen molar-refractivity contribution in [1.29, 1.82) is 0 Å². The van der Waals surface area contributed by atoms with E-state index in [2.05, 4.69) is 32.6 Å². The van der Waals surface area contributed by atoms with Crippen LogP contribution in [-0.4, -0.2) is 62.1 Å². The van der Waals surface area contributed by atoms with E-state index in [0.717, 1.165) is 61.5 Å². The van der Waals surface area contributed by atoms with Gasteiger partial charge in [0.1, 0.15) is 11.6 Å². The van der Waals surface area contributed by atoms with Crippen LogP contribution in [0.25, 0.3) is 0 Å². The van der Waals surface area contributed by atoms with Crippen LogP contribution in [-0.2, 0) is 13.0 Å². The molecule has 1 aromatic rings. The van der Waals surface area contributed by atoms with Crippen LogP contribution in [0.4, 0.5) is 0 Å². The van der Waals surface area contributed by atoms with E-state index in [4.69, 9.17) is 0 Å². The molecule has 0 saturated carbocycles. The molecule has 23 heavy (non-hydrogen) atoms. The van der Waals surface area contributed by atoms with Crippen LogP contribution in [0.5, 0.6) is 0 Å². The summed E-state index contributed by atoms with van der Waals surface area (Å²) in [5.41, 5.74) is -0.643. The molecule has 1 fully saturated rings. The number of aliphatic hydroxyl groups is 1. The lowest BCUT2D eigenvalue weighted by atomic mass is 10.0. The number of hydrogen-bond donors (Lipinski definition) is 3. The van der Waals surface area contributed by atoms with Crippen molar-refractivity contribution < 1.29 is 5.11 Å². The van der Waals surface area contributed by atoms with Gasteiger partial charge in [-0.2, -0.15) is 16.9 Å². The number of aromatic nitrogens is 3. The zero-order valence-electron chi connectivity index (χ0n) is 13.9. The summed E-state index contributed by atoms with van der Waals surface area (Å²) in [6.45, 7) is 6.05. The predicted molar refractivity (Wildman–Crippen MR) is 92.9 cm³/mol. The Labute approximate surface area is 141 Å². The quantitative estimate of drug-likeness (QED) is 0.542. The highest BCUT2D eigenvalue weighted by Crippen LogP contribution is 2.27. The SMILES string of the molecule is CCNC(=NCC1(O)CCSC1)NC1CCc2nc(C)nn2C1. The first kappa shape index (κ1) is 16.6. The number of guanidine groups is 1. The predicted octanol–water partition coefficient (Wildman–Crippen LogP) is 0.324. The molecule has 1 saturated heterocycles. The highest BCUT2D eigenvalue weighted by Gasteiger charge is 2.31. The van der Waals surface area contributed by atoms with E-state index in [-0.39, 0.29) is 6.04 Å². The second-order valence-corrected chi connectivity index (χ2v) is 7.46. The molecule has 2 unspecified atom stereocenters. The van der Waals surface area contributed by atoms with Gasteiger partial charge in [-0.1, -0.05) is 0 Å². The van der Waals surface area contributed by atoms with Crippen molar-refractivity contribution in [3.8, 4) is 0 Å². The van der Waals surface area contributed by atoms with Crippen molar-refractivity contribution in [2.24, 2.45) is 4.99 Å². The fourth-order valence-corrected chi connectivity index (χ4v) is 4.30. The second-order valence-electron chi connectivity index (χ2n) is 6.36. The van der Waals surface area contributed by atoms with E-state index in [1.165, 1.54) is 0 Å². The lowest BCUT2D eigenvalue weighted by Crippen LogP contribution is -2.48. The Morgan fingerprint density at radius 1 is 1.57 bits per heavy atom. The monoisotopic (exact) mass is 338 g/mol. The fraction of sp³-hybridized carbons (Fsp3) is 0.800. The maximum atomic E-state index is 10.4. The third-order valence-electron chi connectivity index (χ3n) is 4.26. The number of nitrogens with zero attached hydrogens (tertiary/aromatic N) is 4. The minimum Gasteiger partial charge on any atom is -0.387 e. The molecule has 0 aliphatic carbocycles. The van der Waals surface area contributed by atoms with Gasteiger partial charge >= 0.3 is 0 Å². The van der Waals surface area contributed by atoms with Crippen LogP contribution >= 0.6 is 11.8 Å². The van der Waals surface area contributed by atoms with Gasteiger partial charge in [-0.05, 0) is 32.4 Å². The molecule has 7 nitrogen and oxygen atoms in total. The van der Waals surface area contributed by atoms with Gasteiger partial charge in [-0.25, -0.2) is 9.67 Å². The molecule has 2 aliphatic heterocycles. The minimum atomic E-state index is -0.643. The first-order valence-corrected chi connectivity index (χ1v) is 9.49. The van der Waals surface area contributed by atoms with Gasteiger partial charge < -0.3 is 15.7 Å². The highest BCUT2D eigenvalue weighted by atomic mass is 32.2. The topological polar surface area (TPSA) is 87.4 Å². The minimum absolute atomic E-state index is 0.286. The Hall–Kier alpha value is -1.28. The number of aryl methyl sites for hydroxylation is 2. The summed E-state index contributed by atoms with van der Waals surface area (Å²) in [4.78, 5) is 9.05. The van der Waals surface area contributed by atoms with Crippen molar-refractivity contribution in [3.05, 3.63) is 11.6 Å². The van der Waals surface area contributed by atoms with E-state index in [1.807, 2.05) is 11.6 Å². The van der Waals surface area contributed by atoms with Gasteiger partial charge in [-0.15, -0.1) is 0 Å². The molecule has 128 valence electrons. The summed E-state index contributed by atoms with van der Waals surface area (Å²) in [5.74, 6) is 4.48. The van der Waals surface area contributed by atoms with Crippen molar-refractivity contribution in [2.75, 3.05) is 24.6 Å². The van der Waals surface area contributed by atoms with Crippen LogP contribution in [0.1, 0.15) is 31.4 Å². The molecule has 2 aliphatic rings. The first-order chi connectivity index (χ1) is 11.1. The van der Waals surface area contributed by atoms with Gasteiger partial charge in [0, 0.05) is 24.8 Å². The fourth-order valence-electron chi connectivity index (χ4n) is 3.01. The van der Waals surface area contributed by atoms with Crippen molar-refractivity contribution in [3.63, 3.8) is 0 Å². The molecule has 0 radical (unpaired) electrons. The Kier molecular flexibility index (Phi) is 5.11. The molecule has 3 rings (SSSR count). The van der Waals surface area contributed by atoms with Gasteiger partial charge in [0.15, 0.2) is 5.96 Å². The molecular formula is C15H26N6OS. The molecule has 0 spiro atoms. The maximum absolute atomic E-state index is 10.4. The van der Waals surface area contributed by atoms with Crippen LogP contribution in [0.15, 0.2) is 4.99 Å². The third kappa shape index (κ3) is 4.17. The molecule has 0 amide bonds. The standard InChI is InChI=1S/C15H26N6OS/c1-3-16-14(17-9-15(22)6-7-23-10-15)19-12-4-5-13-18-11(2)20-21(13)8-12/h12,22H,3-10H2,1-2H3,(H2,16,17,19). The lowest BCUT2D eigenvalue weighted by Gasteiger charge is -2.26. The summed E-state index contributed by atoms with van der Waals surface area (Å²) in [7, 11) is 0. The Balaban J connectivity index is 1.61. The summed E-state index contributed by atoms with van der Waals surface area (Å²) >= 11 is 1.80. The normalized spacial score (nSPS) is 27.8. The number of aliphatic imine (C=N–C) groups is 1. The molecule has 1 aromatic heterocycles. The van der Waals surface area contributed by atoms with E-state index in [9.17, 15) is 5.11 Å². The molecular weight excluding hydrogens is 312 g/mol. The van der Waals surface area contributed by atoms with Crippen molar-refractivity contribution in [2.45, 2.75) is 51.3 Å². The van der Waals surface area contributed by atoms with Gasteiger partial charge in [0.05, 0.1) is 18.7 Å². The first-order valence-electron chi connectivity index (χ1n) is 8.33. The summed E-state index contributed by atoms with van der Waals surface area (Å²) in [5, 5.41) is 21.6. The van der Waals surface area contributed by atoms with Gasteiger partial charge in [-0.3, -0.25) is 4.99 Å². The van der Waals surface area contributed by atoms with Crippen LogP contribution in [0, 0.1) is 6.92 Å². The average molecular weight is 338 g/mol.